The predicted octanol–water partition coefficient (Wildman–Crippen LogP) is 2.67. The van der Waals surface area contributed by atoms with E-state index in [-0.39, 0.29) is 5.91 Å². The summed E-state index contributed by atoms with van der Waals surface area (Å²) in [6, 6.07) is 7.83. The van der Waals surface area contributed by atoms with Crippen LogP contribution in [0, 0.1) is 0 Å². The maximum atomic E-state index is 12.5. The van der Waals surface area contributed by atoms with Crippen molar-refractivity contribution in [2.24, 2.45) is 0 Å². The van der Waals surface area contributed by atoms with E-state index in [1.54, 1.807) is 16.2 Å². The van der Waals surface area contributed by atoms with Gasteiger partial charge in [-0.05, 0) is 18.1 Å². The third kappa shape index (κ3) is 2.93. The van der Waals surface area contributed by atoms with Gasteiger partial charge in [0.25, 0.3) is 5.91 Å². The summed E-state index contributed by atoms with van der Waals surface area (Å²) in [5.74, 6) is 0.839. The molecule has 1 amide bonds. The minimum absolute atomic E-state index is 0.0134. The fourth-order valence-electron chi connectivity index (χ4n) is 2.43. The van der Waals surface area contributed by atoms with Gasteiger partial charge < -0.3 is 9.64 Å². The summed E-state index contributed by atoms with van der Waals surface area (Å²) in [6.07, 6.45) is 3.12. The lowest BCUT2D eigenvalue weighted by atomic mass is 10.1. The van der Waals surface area contributed by atoms with Crippen LogP contribution in [0.2, 0.25) is 0 Å². The van der Waals surface area contributed by atoms with Crippen LogP contribution in [0.3, 0.4) is 0 Å². The smallest absolute Gasteiger partial charge is 0.264 e. The van der Waals surface area contributed by atoms with Crippen LogP contribution in [0.25, 0.3) is 0 Å². The summed E-state index contributed by atoms with van der Waals surface area (Å²) < 4.78 is 5.75. The number of likely N-dealkylation sites (N-methyl/N-ethyl adjacent to an activating group) is 1. The number of aromatic nitrogens is 1. The number of aryl methyl sites for hydroxylation is 1. The standard InChI is InChI=1S/C16H18N2O2S/c1-3-12-9-17-15(21-12)10-18(2)16(19)14-8-11-6-4-5-7-13(11)20-14/h4-7,9,14H,3,8,10H2,1-2H3/t14-/m0/s1. The predicted molar refractivity (Wildman–Crippen MR) is 82.5 cm³/mol. The number of hydrogen-bond acceptors (Lipinski definition) is 4. The van der Waals surface area contributed by atoms with E-state index >= 15 is 0 Å². The van der Waals surface area contributed by atoms with Crippen LogP contribution < -0.4 is 4.74 Å². The topological polar surface area (TPSA) is 42.4 Å². The molecule has 0 aliphatic carbocycles. The Hall–Kier alpha value is -1.88. The molecule has 0 saturated heterocycles. The highest BCUT2D eigenvalue weighted by atomic mass is 32.1. The monoisotopic (exact) mass is 302 g/mol. The molecule has 0 unspecified atom stereocenters. The molecule has 0 fully saturated rings. The lowest BCUT2D eigenvalue weighted by Gasteiger charge is -2.19. The van der Waals surface area contributed by atoms with Gasteiger partial charge in [0.05, 0.1) is 6.54 Å². The number of benzene rings is 1. The Morgan fingerprint density at radius 3 is 3.00 bits per heavy atom. The molecule has 0 radical (unpaired) electrons. The van der Waals surface area contributed by atoms with Gasteiger partial charge in [-0.15, -0.1) is 11.3 Å². The number of thiazole rings is 1. The van der Waals surface area contributed by atoms with Crippen molar-refractivity contribution in [2.45, 2.75) is 32.4 Å². The fraction of sp³-hybridized carbons (Fsp3) is 0.375. The van der Waals surface area contributed by atoms with Gasteiger partial charge in [0.2, 0.25) is 0 Å². The number of amides is 1. The molecule has 0 N–H and O–H groups in total. The van der Waals surface area contributed by atoms with E-state index in [0.29, 0.717) is 13.0 Å². The normalized spacial score (nSPS) is 16.4. The van der Waals surface area contributed by atoms with Crippen molar-refractivity contribution < 1.29 is 9.53 Å². The maximum Gasteiger partial charge on any atom is 0.264 e. The third-order valence-corrected chi connectivity index (χ3v) is 4.75. The molecule has 1 aliphatic rings. The second kappa shape index (κ2) is 5.85. The van der Waals surface area contributed by atoms with Gasteiger partial charge in [-0.1, -0.05) is 25.1 Å². The number of fused-ring (bicyclic) bond motifs is 1. The molecule has 5 heteroatoms. The maximum absolute atomic E-state index is 12.5. The van der Waals surface area contributed by atoms with E-state index in [1.807, 2.05) is 37.5 Å². The van der Waals surface area contributed by atoms with Crippen LogP contribution in [0.4, 0.5) is 0 Å². The van der Waals surface area contributed by atoms with E-state index in [1.165, 1.54) is 4.88 Å². The third-order valence-electron chi connectivity index (χ3n) is 3.62. The molecule has 4 nitrogen and oxygen atoms in total. The molecule has 1 aromatic carbocycles. The molecule has 0 saturated carbocycles. The molecule has 3 rings (SSSR count). The van der Waals surface area contributed by atoms with Crippen LogP contribution in [-0.2, 0) is 24.2 Å². The highest BCUT2D eigenvalue weighted by molar-refractivity contribution is 7.11. The van der Waals surface area contributed by atoms with Crippen molar-refractivity contribution in [2.75, 3.05) is 7.05 Å². The Balaban J connectivity index is 1.63. The first-order chi connectivity index (χ1) is 10.2. The highest BCUT2D eigenvalue weighted by Gasteiger charge is 2.31. The zero-order chi connectivity index (χ0) is 14.8. The van der Waals surface area contributed by atoms with E-state index in [4.69, 9.17) is 4.74 Å². The minimum atomic E-state index is -0.405. The molecule has 110 valence electrons. The number of ether oxygens (including phenoxy) is 1. The van der Waals surface area contributed by atoms with Gasteiger partial charge in [-0.25, -0.2) is 4.98 Å². The Morgan fingerprint density at radius 2 is 2.29 bits per heavy atom. The first-order valence-corrected chi connectivity index (χ1v) is 7.92. The molecule has 2 aromatic rings. The van der Waals surface area contributed by atoms with Gasteiger partial charge in [-0.2, -0.15) is 0 Å². The van der Waals surface area contributed by atoms with Gasteiger partial charge in [0.1, 0.15) is 10.8 Å². The summed E-state index contributed by atoms with van der Waals surface area (Å²) in [4.78, 5) is 19.8. The Bertz CT molecular complexity index is 628. The first kappa shape index (κ1) is 14.1. The van der Waals surface area contributed by atoms with Crippen LogP contribution in [0.1, 0.15) is 22.4 Å². The molecule has 2 heterocycles. The number of hydrogen-bond donors (Lipinski definition) is 0. The molecule has 21 heavy (non-hydrogen) atoms. The Labute approximate surface area is 128 Å². The minimum Gasteiger partial charge on any atom is -0.480 e. The number of carbonyl (C=O) groups is 1. The van der Waals surface area contributed by atoms with Gasteiger partial charge in [0.15, 0.2) is 6.10 Å². The Morgan fingerprint density at radius 1 is 1.48 bits per heavy atom. The zero-order valence-electron chi connectivity index (χ0n) is 12.2. The fourth-order valence-corrected chi connectivity index (χ4v) is 3.35. The van der Waals surface area contributed by atoms with Gasteiger partial charge in [-0.3, -0.25) is 4.79 Å². The second-order valence-corrected chi connectivity index (χ2v) is 6.39. The van der Waals surface area contributed by atoms with Crippen LogP contribution in [-0.4, -0.2) is 28.9 Å². The van der Waals surface area contributed by atoms with Gasteiger partial charge in [0, 0.05) is 24.5 Å². The van der Waals surface area contributed by atoms with Crippen molar-refractivity contribution in [1.29, 1.82) is 0 Å². The quantitative estimate of drug-likeness (QED) is 0.872. The molecule has 1 atom stereocenters. The summed E-state index contributed by atoms with van der Waals surface area (Å²) >= 11 is 1.66. The van der Waals surface area contributed by atoms with E-state index < -0.39 is 6.10 Å². The molecular weight excluding hydrogens is 284 g/mol. The molecule has 0 spiro atoms. The summed E-state index contributed by atoms with van der Waals surface area (Å²) in [7, 11) is 1.81. The van der Waals surface area contributed by atoms with Crippen molar-refractivity contribution in [3.63, 3.8) is 0 Å². The van der Waals surface area contributed by atoms with E-state index in [9.17, 15) is 4.79 Å². The average molecular weight is 302 g/mol. The van der Waals surface area contributed by atoms with Crippen molar-refractivity contribution in [1.82, 2.24) is 9.88 Å². The Kier molecular flexibility index (Phi) is 3.92. The first-order valence-electron chi connectivity index (χ1n) is 7.10. The number of carbonyl (C=O) groups excluding carboxylic acids is 1. The van der Waals surface area contributed by atoms with E-state index in [0.717, 1.165) is 22.7 Å². The average Bonchev–Trinajstić information content (AvgIpc) is 3.12. The van der Waals surface area contributed by atoms with Crippen LogP contribution >= 0.6 is 11.3 Å². The van der Waals surface area contributed by atoms with Crippen molar-refractivity contribution >= 4 is 17.2 Å². The lowest BCUT2D eigenvalue weighted by Crippen LogP contribution is -2.38. The van der Waals surface area contributed by atoms with Crippen molar-refractivity contribution in [3.8, 4) is 5.75 Å². The van der Waals surface area contributed by atoms with Crippen molar-refractivity contribution in [3.05, 3.63) is 45.9 Å². The van der Waals surface area contributed by atoms with E-state index in [2.05, 4.69) is 11.9 Å². The van der Waals surface area contributed by atoms with Crippen LogP contribution in [0.5, 0.6) is 5.75 Å². The zero-order valence-corrected chi connectivity index (χ0v) is 13.0. The number of para-hydroxylation sites is 1. The molecule has 0 bridgehead atoms. The summed E-state index contributed by atoms with van der Waals surface area (Å²) in [5.41, 5.74) is 1.10. The molecular formula is C16H18N2O2S. The number of nitrogens with zero attached hydrogens (tertiary/aromatic N) is 2. The molecule has 1 aromatic heterocycles. The lowest BCUT2D eigenvalue weighted by molar-refractivity contribution is -0.137. The second-order valence-electron chi connectivity index (χ2n) is 5.19. The SMILES string of the molecule is CCc1cnc(CN(C)C(=O)[C@@H]2Cc3ccccc3O2)s1. The summed E-state index contributed by atoms with van der Waals surface area (Å²) in [6.45, 7) is 2.65. The molecule has 1 aliphatic heterocycles. The summed E-state index contributed by atoms with van der Waals surface area (Å²) in [5, 5.41) is 0.971. The van der Waals surface area contributed by atoms with Gasteiger partial charge >= 0.3 is 0 Å². The number of rotatable bonds is 4. The van der Waals surface area contributed by atoms with Crippen LogP contribution in [0.15, 0.2) is 30.5 Å². The largest absolute Gasteiger partial charge is 0.480 e. The highest BCUT2D eigenvalue weighted by Crippen LogP contribution is 2.29.